The molecule has 0 fully saturated rings. The molecule has 3 aromatic rings. The van der Waals surface area contributed by atoms with Gasteiger partial charge in [-0.1, -0.05) is 30.0 Å². The minimum absolute atomic E-state index is 0.371. The van der Waals surface area contributed by atoms with Crippen LogP contribution in [0.2, 0.25) is 0 Å². The monoisotopic (exact) mass is 289 g/mol. The molecule has 0 saturated carbocycles. The zero-order valence-corrected chi connectivity index (χ0v) is 12.5. The van der Waals surface area contributed by atoms with E-state index in [2.05, 4.69) is 11.8 Å². The molecule has 0 bridgehead atoms. The summed E-state index contributed by atoms with van der Waals surface area (Å²) in [5.41, 5.74) is 2.51. The molecule has 0 amide bonds. The van der Waals surface area contributed by atoms with Crippen molar-refractivity contribution in [2.45, 2.75) is 0 Å². The summed E-state index contributed by atoms with van der Waals surface area (Å²) >= 11 is 0. The third-order valence-electron chi connectivity index (χ3n) is 3.37. The Labute approximate surface area is 128 Å². The summed E-state index contributed by atoms with van der Waals surface area (Å²) in [5.74, 6) is 5.90. The van der Waals surface area contributed by atoms with Gasteiger partial charge in [-0.05, 0) is 36.4 Å². The number of anilines is 1. The summed E-state index contributed by atoms with van der Waals surface area (Å²) in [6, 6.07) is 17.0. The third kappa shape index (κ3) is 2.87. The van der Waals surface area contributed by atoms with Crippen LogP contribution in [0, 0.1) is 11.8 Å². The number of fused-ring (bicyclic) bond motifs is 1. The van der Waals surface area contributed by atoms with E-state index in [0.29, 0.717) is 11.1 Å². The Kier molecular flexibility index (Phi) is 3.67. The van der Waals surface area contributed by atoms with Gasteiger partial charge in [-0.3, -0.25) is 0 Å². The van der Waals surface area contributed by atoms with Crippen molar-refractivity contribution in [1.82, 2.24) is 0 Å². The Hall–Kier alpha value is -2.99. The molecule has 1 aromatic heterocycles. The zero-order valence-electron chi connectivity index (χ0n) is 12.5. The molecule has 0 aliphatic carbocycles. The normalized spacial score (nSPS) is 10.1. The molecule has 0 radical (unpaired) electrons. The van der Waals surface area contributed by atoms with Crippen LogP contribution in [-0.4, -0.2) is 14.1 Å². The average Bonchev–Trinajstić information content (AvgIpc) is 2.53. The summed E-state index contributed by atoms with van der Waals surface area (Å²) in [7, 11) is 3.97. The van der Waals surface area contributed by atoms with E-state index < -0.39 is 5.63 Å². The van der Waals surface area contributed by atoms with Gasteiger partial charge >= 0.3 is 5.63 Å². The first-order valence-corrected chi connectivity index (χ1v) is 6.96. The van der Waals surface area contributed by atoms with Gasteiger partial charge in [0.1, 0.15) is 11.1 Å². The Morgan fingerprint density at radius 1 is 0.955 bits per heavy atom. The van der Waals surface area contributed by atoms with Gasteiger partial charge in [0, 0.05) is 30.7 Å². The molecular formula is C19H15NO2. The van der Waals surface area contributed by atoms with Crippen molar-refractivity contribution in [3.05, 3.63) is 76.1 Å². The molecule has 3 nitrogen and oxygen atoms in total. The fourth-order valence-corrected chi connectivity index (χ4v) is 2.13. The zero-order chi connectivity index (χ0) is 15.5. The van der Waals surface area contributed by atoms with Crippen LogP contribution in [0.4, 0.5) is 5.69 Å². The van der Waals surface area contributed by atoms with Gasteiger partial charge in [0.25, 0.3) is 0 Å². The molecular weight excluding hydrogens is 274 g/mol. The topological polar surface area (TPSA) is 33.5 Å². The van der Waals surface area contributed by atoms with Crippen molar-refractivity contribution in [1.29, 1.82) is 0 Å². The standard InChI is InChI=1S/C19H15NO2/c1-20(2)17-11-8-14(9-12-17)7-10-16-13-15-5-3-4-6-18(15)22-19(16)21/h3-6,8-9,11-13H,1-2H3. The molecule has 0 aliphatic rings. The van der Waals surface area contributed by atoms with Crippen molar-refractivity contribution >= 4 is 16.7 Å². The molecule has 108 valence electrons. The van der Waals surface area contributed by atoms with Crippen LogP contribution in [-0.2, 0) is 0 Å². The van der Waals surface area contributed by atoms with E-state index in [4.69, 9.17) is 4.42 Å². The van der Waals surface area contributed by atoms with E-state index in [0.717, 1.165) is 16.6 Å². The summed E-state index contributed by atoms with van der Waals surface area (Å²) < 4.78 is 5.27. The van der Waals surface area contributed by atoms with Crippen molar-refractivity contribution in [3.8, 4) is 11.8 Å². The van der Waals surface area contributed by atoms with Gasteiger partial charge in [0.15, 0.2) is 0 Å². The van der Waals surface area contributed by atoms with Crippen LogP contribution < -0.4 is 10.5 Å². The molecule has 3 rings (SSSR count). The van der Waals surface area contributed by atoms with Crippen LogP contribution in [0.15, 0.2) is 63.8 Å². The lowest BCUT2D eigenvalue weighted by Gasteiger charge is -2.11. The van der Waals surface area contributed by atoms with Crippen LogP contribution in [0.5, 0.6) is 0 Å². The van der Waals surface area contributed by atoms with Gasteiger partial charge in [0.2, 0.25) is 0 Å². The van der Waals surface area contributed by atoms with E-state index >= 15 is 0 Å². The van der Waals surface area contributed by atoms with Crippen molar-refractivity contribution in [3.63, 3.8) is 0 Å². The number of rotatable bonds is 1. The number of para-hydroxylation sites is 1. The maximum absolute atomic E-state index is 11.9. The van der Waals surface area contributed by atoms with Crippen LogP contribution in [0.3, 0.4) is 0 Å². The van der Waals surface area contributed by atoms with Gasteiger partial charge in [-0.15, -0.1) is 0 Å². The fourth-order valence-electron chi connectivity index (χ4n) is 2.13. The maximum Gasteiger partial charge on any atom is 0.352 e. The first-order valence-electron chi connectivity index (χ1n) is 6.96. The van der Waals surface area contributed by atoms with Crippen molar-refractivity contribution in [2.24, 2.45) is 0 Å². The summed E-state index contributed by atoms with van der Waals surface area (Å²) in [4.78, 5) is 13.9. The second-order valence-electron chi connectivity index (χ2n) is 5.18. The first kappa shape index (κ1) is 14.0. The highest BCUT2D eigenvalue weighted by Gasteiger charge is 2.02. The average molecular weight is 289 g/mol. The molecule has 1 heterocycles. The fraction of sp³-hybridized carbons (Fsp3) is 0.105. The van der Waals surface area contributed by atoms with Gasteiger partial charge in [-0.2, -0.15) is 0 Å². The largest absolute Gasteiger partial charge is 0.422 e. The summed E-state index contributed by atoms with van der Waals surface area (Å²) in [6.45, 7) is 0. The number of benzene rings is 2. The predicted molar refractivity (Wildman–Crippen MR) is 89.2 cm³/mol. The van der Waals surface area contributed by atoms with E-state index in [1.165, 1.54) is 0 Å². The summed E-state index contributed by atoms with van der Waals surface area (Å²) in [6.07, 6.45) is 0. The number of hydrogen-bond acceptors (Lipinski definition) is 3. The molecule has 2 aromatic carbocycles. The molecule has 0 spiro atoms. The van der Waals surface area contributed by atoms with E-state index in [-0.39, 0.29) is 0 Å². The number of nitrogens with zero attached hydrogens (tertiary/aromatic N) is 1. The van der Waals surface area contributed by atoms with Gasteiger partial charge in [-0.25, -0.2) is 4.79 Å². The smallest absolute Gasteiger partial charge is 0.352 e. The predicted octanol–water partition coefficient (Wildman–Crippen LogP) is 3.26. The molecule has 22 heavy (non-hydrogen) atoms. The van der Waals surface area contributed by atoms with Crippen LogP contribution in [0.1, 0.15) is 11.1 Å². The lowest BCUT2D eigenvalue weighted by molar-refractivity contribution is 0.559. The Balaban J connectivity index is 1.96. The maximum atomic E-state index is 11.9. The quantitative estimate of drug-likeness (QED) is 0.509. The Morgan fingerprint density at radius 2 is 1.68 bits per heavy atom. The van der Waals surface area contributed by atoms with Gasteiger partial charge in [0.05, 0.1) is 0 Å². The SMILES string of the molecule is CN(C)c1ccc(C#Cc2cc3ccccc3oc2=O)cc1. The third-order valence-corrected chi connectivity index (χ3v) is 3.37. The molecule has 0 N–H and O–H groups in total. The molecule has 3 heteroatoms. The first-order chi connectivity index (χ1) is 10.6. The highest BCUT2D eigenvalue weighted by Crippen LogP contribution is 2.13. The molecule has 0 atom stereocenters. The summed E-state index contributed by atoms with van der Waals surface area (Å²) in [5, 5.41) is 0.870. The van der Waals surface area contributed by atoms with E-state index in [1.807, 2.05) is 61.5 Å². The van der Waals surface area contributed by atoms with Crippen molar-refractivity contribution < 1.29 is 4.42 Å². The van der Waals surface area contributed by atoms with E-state index in [1.54, 1.807) is 12.1 Å². The lowest BCUT2D eigenvalue weighted by atomic mass is 10.1. The van der Waals surface area contributed by atoms with E-state index in [9.17, 15) is 4.79 Å². The molecule has 0 saturated heterocycles. The highest BCUT2D eigenvalue weighted by molar-refractivity contribution is 5.77. The minimum Gasteiger partial charge on any atom is -0.422 e. The second-order valence-corrected chi connectivity index (χ2v) is 5.18. The minimum atomic E-state index is -0.406. The molecule has 0 unspecified atom stereocenters. The van der Waals surface area contributed by atoms with Crippen molar-refractivity contribution in [2.75, 3.05) is 19.0 Å². The Morgan fingerprint density at radius 3 is 2.41 bits per heavy atom. The molecule has 0 aliphatic heterocycles. The second kappa shape index (κ2) is 5.79. The lowest BCUT2D eigenvalue weighted by Crippen LogP contribution is -2.07. The van der Waals surface area contributed by atoms with Gasteiger partial charge < -0.3 is 9.32 Å². The van der Waals surface area contributed by atoms with Crippen LogP contribution >= 0.6 is 0 Å². The number of hydrogen-bond donors (Lipinski definition) is 0. The Bertz CT molecular complexity index is 925. The highest BCUT2D eigenvalue weighted by atomic mass is 16.4. The van der Waals surface area contributed by atoms with Crippen LogP contribution in [0.25, 0.3) is 11.0 Å².